The summed E-state index contributed by atoms with van der Waals surface area (Å²) in [6, 6.07) is 0.334. The van der Waals surface area contributed by atoms with Crippen molar-refractivity contribution in [2.75, 3.05) is 21.3 Å². The van der Waals surface area contributed by atoms with Gasteiger partial charge in [-0.3, -0.25) is 0 Å². The van der Waals surface area contributed by atoms with Crippen LogP contribution >= 0.6 is 0 Å². The molecule has 1 rings (SSSR count). The zero-order valence-electron chi connectivity index (χ0n) is 8.88. The maximum absolute atomic E-state index is 5.24. The van der Waals surface area contributed by atoms with E-state index in [2.05, 4.69) is 5.32 Å². The Balaban J connectivity index is 2.30. The molecule has 0 spiro atoms. The maximum Gasteiger partial charge on any atom is 0.171 e. The Bertz CT molecular complexity index is 133. The highest BCUT2D eigenvalue weighted by atomic mass is 16.7. The van der Waals surface area contributed by atoms with Crippen molar-refractivity contribution in [3.05, 3.63) is 0 Å². The minimum absolute atomic E-state index is 0.106. The van der Waals surface area contributed by atoms with E-state index in [1.807, 2.05) is 7.05 Å². The number of rotatable bonds is 6. The van der Waals surface area contributed by atoms with Crippen LogP contribution in [0, 0.1) is 5.92 Å². The molecule has 1 atom stereocenters. The van der Waals surface area contributed by atoms with Gasteiger partial charge in [-0.25, -0.2) is 0 Å². The number of hydrogen-bond acceptors (Lipinski definition) is 3. The molecule has 0 amide bonds. The Morgan fingerprint density at radius 1 is 1.31 bits per heavy atom. The Hall–Kier alpha value is -0.120. The van der Waals surface area contributed by atoms with Crippen LogP contribution in [0.2, 0.25) is 0 Å². The van der Waals surface area contributed by atoms with Gasteiger partial charge in [0.25, 0.3) is 0 Å². The first-order chi connectivity index (χ1) is 6.31. The quantitative estimate of drug-likeness (QED) is 0.637. The number of nitrogens with one attached hydrogen (secondary N) is 1. The van der Waals surface area contributed by atoms with Crippen LogP contribution in [0.15, 0.2) is 0 Å². The summed E-state index contributed by atoms with van der Waals surface area (Å²) in [4.78, 5) is 0. The first-order valence-electron chi connectivity index (χ1n) is 5.04. The highest BCUT2D eigenvalue weighted by molar-refractivity contribution is 4.78. The molecule has 3 heteroatoms. The highest BCUT2D eigenvalue weighted by Crippen LogP contribution is 2.31. The lowest BCUT2D eigenvalue weighted by molar-refractivity contribution is -0.126. The number of methoxy groups -OCH3 is 2. The molecule has 0 saturated heterocycles. The summed E-state index contributed by atoms with van der Waals surface area (Å²) in [6.45, 7) is 0. The van der Waals surface area contributed by atoms with Gasteiger partial charge in [0.05, 0.1) is 6.04 Å². The molecule has 0 bridgehead atoms. The maximum atomic E-state index is 5.24. The summed E-state index contributed by atoms with van der Waals surface area (Å²) in [6.07, 6.45) is 5.20. The van der Waals surface area contributed by atoms with Crippen molar-refractivity contribution in [3.63, 3.8) is 0 Å². The molecule has 0 aromatic carbocycles. The Labute approximate surface area is 80.8 Å². The molecule has 1 aliphatic rings. The fraction of sp³-hybridized carbons (Fsp3) is 1.00. The van der Waals surface area contributed by atoms with Crippen molar-refractivity contribution in [1.82, 2.24) is 5.32 Å². The van der Waals surface area contributed by atoms with E-state index in [1.165, 1.54) is 25.7 Å². The van der Waals surface area contributed by atoms with Crippen molar-refractivity contribution < 1.29 is 9.47 Å². The van der Waals surface area contributed by atoms with Gasteiger partial charge in [0.2, 0.25) is 0 Å². The third-order valence-corrected chi connectivity index (χ3v) is 2.98. The van der Waals surface area contributed by atoms with Crippen molar-refractivity contribution in [2.45, 2.75) is 38.0 Å². The summed E-state index contributed by atoms with van der Waals surface area (Å²) in [7, 11) is 5.35. The topological polar surface area (TPSA) is 30.5 Å². The largest absolute Gasteiger partial charge is 0.354 e. The van der Waals surface area contributed by atoms with E-state index in [4.69, 9.17) is 9.47 Å². The minimum Gasteiger partial charge on any atom is -0.354 e. The molecular formula is C10H21NO2. The molecule has 1 fully saturated rings. The van der Waals surface area contributed by atoms with Gasteiger partial charge in [-0.2, -0.15) is 0 Å². The molecule has 0 heterocycles. The smallest absolute Gasteiger partial charge is 0.171 e. The predicted octanol–water partition coefficient (Wildman–Crippen LogP) is 1.38. The second kappa shape index (κ2) is 5.58. The Morgan fingerprint density at radius 3 is 2.23 bits per heavy atom. The lowest BCUT2D eigenvalue weighted by Gasteiger charge is -2.32. The standard InChI is InChI=1S/C10H21NO2/c1-11-9(10(12-2)13-3)7-8-5-4-6-8/h8-11H,4-7H2,1-3H3. The van der Waals surface area contributed by atoms with Crippen molar-refractivity contribution >= 4 is 0 Å². The predicted molar refractivity (Wildman–Crippen MR) is 52.6 cm³/mol. The SMILES string of the molecule is CNC(CC1CCC1)C(OC)OC. The van der Waals surface area contributed by atoms with Gasteiger partial charge in [0, 0.05) is 14.2 Å². The molecule has 0 aliphatic heterocycles. The van der Waals surface area contributed by atoms with E-state index in [-0.39, 0.29) is 6.29 Å². The molecule has 13 heavy (non-hydrogen) atoms. The Morgan fingerprint density at radius 2 is 1.92 bits per heavy atom. The van der Waals surface area contributed by atoms with Crippen molar-refractivity contribution in [1.29, 1.82) is 0 Å². The first-order valence-corrected chi connectivity index (χ1v) is 5.04. The van der Waals surface area contributed by atoms with Crippen LogP contribution in [0.1, 0.15) is 25.7 Å². The summed E-state index contributed by atoms with van der Waals surface area (Å²) in [5.41, 5.74) is 0. The third kappa shape index (κ3) is 2.93. The molecule has 1 unspecified atom stereocenters. The van der Waals surface area contributed by atoms with Crippen LogP contribution in [0.25, 0.3) is 0 Å². The molecule has 0 radical (unpaired) electrons. The molecule has 3 nitrogen and oxygen atoms in total. The van der Waals surface area contributed by atoms with Gasteiger partial charge in [-0.05, 0) is 19.4 Å². The second-order valence-corrected chi connectivity index (χ2v) is 3.77. The number of likely N-dealkylation sites (N-methyl/N-ethyl adjacent to an activating group) is 1. The number of hydrogen-bond donors (Lipinski definition) is 1. The average molecular weight is 187 g/mol. The van der Waals surface area contributed by atoms with E-state index in [0.29, 0.717) is 6.04 Å². The van der Waals surface area contributed by atoms with Crippen LogP contribution in [0.4, 0.5) is 0 Å². The molecule has 1 N–H and O–H groups in total. The minimum atomic E-state index is -0.106. The third-order valence-electron chi connectivity index (χ3n) is 2.98. The molecule has 1 aliphatic carbocycles. The van der Waals surface area contributed by atoms with Gasteiger partial charge in [-0.15, -0.1) is 0 Å². The highest BCUT2D eigenvalue weighted by Gasteiger charge is 2.26. The van der Waals surface area contributed by atoms with E-state index in [9.17, 15) is 0 Å². The van der Waals surface area contributed by atoms with Crippen LogP contribution in [0.3, 0.4) is 0 Å². The zero-order chi connectivity index (χ0) is 9.68. The second-order valence-electron chi connectivity index (χ2n) is 3.77. The number of ether oxygens (including phenoxy) is 2. The van der Waals surface area contributed by atoms with Crippen LogP contribution in [0.5, 0.6) is 0 Å². The van der Waals surface area contributed by atoms with Crippen molar-refractivity contribution in [3.8, 4) is 0 Å². The monoisotopic (exact) mass is 187 g/mol. The fourth-order valence-corrected chi connectivity index (χ4v) is 1.88. The molecule has 1 saturated carbocycles. The van der Waals surface area contributed by atoms with Crippen LogP contribution < -0.4 is 5.32 Å². The average Bonchev–Trinajstić information content (AvgIpc) is 2.09. The van der Waals surface area contributed by atoms with Gasteiger partial charge >= 0.3 is 0 Å². The lowest BCUT2D eigenvalue weighted by Crippen LogP contribution is -2.42. The molecule has 0 aromatic heterocycles. The van der Waals surface area contributed by atoms with Gasteiger partial charge in [-0.1, -0.05) is 19.3 Å². The summed E-state index contributed by atoms with van der Waals surface area (Å²) >= 11 is 0. The van der Waals surface area contributed by atoms with Gasteiger partial charge < -0.3 is 14.8 Å². The normalized spacial score (nSPS) is 20.3. The van der Waals surface area contributed by atoms with Crippen LogP contribution in [-0.2, 0) is 9.47 Å². The fourth-order valence-electron chi connectivity index (χ4n) is 1.88. The molecule has 78 valence electrons. The van der Waals surface area contributed by atoms with E-state index >= 15 is 0 Å². The molecule has 0 aromatic rings. The lowest BCUT2D eigenvalue weighted by atomic mass is 9.81. The molecular weight excluding hydrogens is 166 g/mol. The summed E-state index contributed by atoms with van der Waals surface area (Å²) in [5, 5.41) is 3.25. The van der Waals surface area contributed by atoms with Gasteiger partial charge in [0.15, 0.2) is 6.29 Å². The van der Waals surface area contributed by atoms with Gasteiger partial charge in [0.1, 0.15) is 0 Å². The summed E-state index contributed by atoms with van der Waals surface area (Å²) < 4.78 is 10.5. The van der Waals surface area contributed by atoms with E-state index < -0.39 is 0 Å². The van der Waals surface area contributed by atoms with Crippen LogP contribution in [-0.4, -0.2) is 33.6 Å². The Kier molecular flexibility index (Phi) is 4.70. The zero-order valence-corrected chi connectivity index (χ0v) is 8.88. The summed E-state index contributed by atoms with van der Waals surface area (Å²) in [5.74, 6) is 0.880. The first kappa shape index (κ1) is 11.0. The van der Waals surface area contributed by atoms with E-state index in [1.54, 1.807) is 14.2 Å². The van der Waals surface area contributed by atoms with E-state index in [0.717, 1.165) is 5.92 Å². The van der Waals surface area contributed by atoms with Crippen molar-refractivity contribution in [2.24, 2.45) is 5.92 Å².